The van der Waals surface area contributed by atoms with Crippen molar-refractivity contribution in [1.29, 1.82) is 0 Å². The van der Waals surface area contributed by atoms with Crippen LogP contribution in [0.5, 0.6) is 0 Å². The molecule has 0 aliphatic heterocycles. The fraction of sp³-hybridized carbons (Fsp3) is 0.800. The Labute approximate surface area is 85.9 Å². The maximum atomic E-state index is 5.27. The van der Waals surface area contributed by atoms with E-state index in [9.17, 15) is 0 Å². The first-order valence-corrected chi connectivity index (χ1v) is 5.41. The minimum atomic E-state index is 0.167. The molecule has 0 amide bonds. The number of aryl methyl sites for hydroxylation is 1. The largest absolute Gasteiger partial charge is 0.351 e. The highest BCUT2D eigenvalue weighted by Gasteiger charge is 2.00. The summed E-state index contributed by atoms with van der Waals surface area (Å²) in [7, 11) is 0. The van der Waals surface area contributed by atoms with E-state index in [4.69, 9.17) is 5.73 Å². The van der Waals surface area contributed by atoms with Gasteiger partial charge in [0.1, 0.15) is 0 Å². The van der Waals surface area contributed by atoms with Gasteiger partial charge < -0.3 is 10.3 Å². The van der Waals surface area contributed by atoms with Gasteiger partial charge in [-0.3, -0.25) is 0 Å². The first-order valence-electron chi connectivity index (χ1n) is 5.41. The van der Waals surface area contributed by atoms with Gasteiger partial charge in [-0.1, -0.05) is 45.2 Å². The van der Waals surface area contributed by atoms with Crippen molar-refractivity contribution in [2.24, 2.45) is 0 Å². The van der Waals surface area contributed by atoms with Crippen LogP contribution in [-0.2, 0) is 6.42 Å². The van der Waals surface area contributed by atoms with Gasteiger partial charge in [0.25, 0.3) is 0 Å². The zero-order valence-corrected chi connectivity index (χ0v) is 9.42. The van der Waals surface area contributed by atoms with Gasteiger partial charge in [-0.05, 0) is 6.42 Å². The molecule has 2 N–H and O–H groups in total. The van der Waals surface area contributed by atoms with E-state index in [0.717, 1.165) is 18.7 Å². The van der Waals surface area contributed by atoms with Crippen LogP contribution in [0, 0.1) is 0 Å². The Bertz CT molecular complexity index is 223. The van der Waals surface area contributed by atoms with Gasteiger partial charge in [-0.2, -0.15) is 4.98 Å². The summed E-state index contributed by atoms with van der Waals surface area (Å²) in [6, 6.07) is 0.167. The fourth-order valence-electron chi connectivity index (χ4n) is 1.08. The zero-order chi connectivity index (χ0) is 10.8. The lowest BCUT2D eigenvalue weighted by Crippen LogP contribution is -1.89. The number of nitrogen functional groups attached to an aromatic ring is 1. The van der Waals surface area contributed by atoms with Gasteiger partial charge in [0.05, 0.1) is 0 Å². The number of hydrogen-bond acceptors (Lipinski definition) is 4. The Kier molecular flexibility index (Phi) is 7.89. The number of hydrogen-bond donors (Lipinski definition) is 1. The van der Waals surface area contributed by atoms with Crippen LogP contribution in [0.2, 0.25) is 0 Å². The van der Waals surface area contributed by atoms with Crippen LogP contribution in [0.3, 0.4) is 0 Å². The lowest BCUT2D eigenvalue weighted by Gasteiger charge is -1.93. The van der Waals surface area contributed by atoms with E-state index in [1.54, 1.807) is 0 Å². The van der Waals surface area contributed by atoms with Crippen LogP contribution < -0.4 is 5.73 Å². The Morgan fingerprint density at radius 2 is 1.93 bits per heavy atom. The number of rotatable bonds is 5. The Morgan fingerprint density at radius 1 is 1.21 bits per heavy atom. The van der Waals surface area contributed by atoms with Crippen molar-refractivity contribution < 1.29 is 4.52 Å². The van der Waals surface area contributed by atoms with E-state index >= 15 is 0 Å². The standard InChI is InChI=1S/C8H15N3O.C2H6/c1-2-3-4-5-6-7-10-8(9)12-11-7;1-2/h2-6H2,1H3,(H2,9,10,11);1-2H3. The van der Waals surface area contributed by atoms with E-state index < -0.39 is 0 Å². The molecule has 0 aromatic carbocycles. The number of anilines is 1. The number of nitrogens with zero attached hydrogens (tertiary/aromatic N) is 2. The third kappa shape index (κ3) is 5.56. The summed E-state index contributed by atoms with van der Waals surface area (Å²) in [6.45, 7) is 6.19. The fourth-order valence-corrected chi connectivity index (χ4v) is 1.08. The van der Waals surface area contributed by atoms with Crippen LogP contribution in [0.15, 0.2) is 4.52 Å². The van der Waals surface area contributed by atoms with Gasteiger partial charge in [-0.25, -0.2) is 0 Å². The molecule has 0 aliphatic carbocycles. The first kappa shape index (κ1) is 12.9. The molecule has 0 radical (unpaired) electrons. The second-order valence-electron chi connectivity index (χ2n) is 2.86. The Hall–Kier alpha value is -1.06. The SMILES string of the molecule is CC.CCCCCCc1noc(N)n1. The van der Waals surface area contributed by atoms with Crippen molar-refractivity contribution in [1.82, 2.24) is 10.1 Å². The third-order valence-electron chi connectivity index (χ3n) is 1.74. The van der Waals surface area contributed by atoms with Crippen molar-refractivity contribution in [3.8, 4) is 0 Å². The summed E-state index contributed by atoms with van der Waals surface area (Å²) in [5, 5.41) is 3.70. The van der Waals surface area contributed by atoms with E-state index in [1.807, 2.05) is 13.8 Å². The second kappa shape index (κ2) is 8.53. The normalized spacial score (nSPS) is 9.36. The summed E-state index contributed by atoms with van der Waals surface area (Å²) < 4.78 is 4.64. The van der Waals surface area contributed by atoms with Gasteiger partial charge >= 0.3 is 6.01 Å². The first-order chi connectivity index (χ1) is 6.83. The van der Waals surface area contributed by atoms with E-state index in [1.165, 1.54) is 19.3 Å². The van der Waals surface area contributed by atoms with Crippen molar-refractivity contribution >= 4 is 6.01 Å². The molecule has 1 rings (SSSR count). The van der Waals surface area contributed by atoms with Gasteiger partial charge in [0.2, 0.25) is 0 Å². The van der Waals surface area contributed by atoms with E-state index in [-0.39, 0.29) is 6.01 Å². The molecule has 4 heteroatoms. The highest BCUT2D eigenvalue weighted by Crippen LogP contribution is 2.05. The molecule has 0 atom stereocenters. The molecular weight excluding hydrogens is 178 g/mol. The van der Waals surface area contributed by atoms with Crippen molar-refractivity contribution in [2.45, 2.75) is 52.9 Å². The lowest BCUT2D eigenvalue weighted by atomic mass is 10.1. The van der Waals surface area contributed by atoms with Crippen LogP contribution in [-0.4, -0.2) is 10.1 Å². The van der Waals surface area contributed by atoms with Crippen LogP contribution in [0.25, 0.3) is 0 Å². The molecule has 0 bridgehead atoms. The molecule has 1 aromatic rings. The molecule has 1 aromatic heterocycles. The predicted molar refractivity (Wildman–Crippen MR) is 57.9 cm³/mol. The number of nitrogens with two attached hydrogens (primary N) is 1. The highest BCUT2D eigenvalue weighted by molar-refractivity contribution is 5.06. The molecule has 1 heterocycles. The quantitative estimate of drug-likeness (QED) is 0.740. The van der Waals surface area contributed by atoms with Gasteiger partial charge in [-0.15, -0.1) is 0 Å². The highest BCUT2D eigenvalue weighted by atomic mass is 16.5. The number of unbranched alkanes of at least 4 members (excludes halogenated alkanes) is 3. The van der Waals surface area contributed by atoms with Crippen molar-refractivity contribution in [2.75, 3.05) is 5.73 Å². The van der Waals surface area contributed by atoms with Gasteiger partial charge in [0, 0.05) is 6.42 Å². The van der Waals surface area contributed by atoms with E-state index in [0.29, 0.717) is 0 Å². The average Bonchev–Trinajstić information content (AvgIpc) is 2.62. The molecule has 0 saturated carbocycles. The maximum absolute atomic E-state index is 5.27. The van der Waals surface area contributed by atoms with Crippen LogP contribution in [0.4, 0.5) is 6.01 Å². The van der Waals surface area contributed by atoms with Crippen LogP contribution >= 0.6 is 0 Å². The maximum Gasteiger partial charge on any atom is 0.318 e. The molecule has 0 fully saturated rings. The van der Waals surface area contributed by atoms with Crippen molar-refractivity contribution in [3.63, 3.8) is 0 Å². The van der Waals surface area contributed by atoms with E-state index in [2.05, 4.69) is 21.6 Å². The molecule has 14 heavy (non-hydrogen) atoms. The second-order valence-corrected chi connectivity index (χ2v) is 2.86. The van der Waals surface area contributed by atoms with Crippen molar-refractivity contribution in [3.05, 3.63) is 5.82 Å². The molecule has 0 aliphatic rings. The monoisotopic (exact) mass is 199 g/mol. The molecule has 0 spiro atoms. The lowest BCUT2D eigenvalue weighted by molar-refractivity contribution is 0.425. The molecule has 0 unspecified atom stereocenters. The Morgan fingerprint density at radius 3 is 2.43 bits per heavy atom. The minimum Gasteiger partial charge on any atom is -0.351 e. The summed E-state index contributed by atoms with van der Waals surface area (Å²) in [6.07, 6.45) is 5.74. The molecule has 82 valence electrons. The average molecular weight is 199 g/mol. The zero-order valence-electron chi connectivity index (χ0n) is 9.42. The topological polar surface area (TPSA) is 64.9 Å². The predicted octanol–water partition coefficient (Wildman–Crippen LogP) is 2.80. The summed E-state index contributed by atoms with van der Waals surface area (Å²) in [5.41, 5.74) is 5.27. The summed E-state index contributed by atoms with van der Waals surface area (Å²) in [4.78, 5) is 3.91. The number of aromatic nitrogens is 2. The third-order valence-corrected chi connectivity index (χ3v) is 1.74. The molecule has 4 nitrogen and oxygen atoms in total. The van der Waals surface area contributed by atoms with Crippen LogP contribution in [0.1, 0.15) is 52.3 Å². The molecule has 0 saturated heterocycles. The minimum absolute atomic E-state index is 0.167. The Balaban J connectivity index is 0.000000791. The summed E-state index contributed by atoms with van der Waals surface area (Å²) >= 11 is 0. The summed E-state index contributed by atoms with van der Waals surface area (Å²) in [5.74, 6) is 0.726. The van der Waals surface area contributed by atoms with Gasteiger partial charge in [0.15, 0.2) is 5.82 Å². The smallest absolute Gasteiger partial charge is 0.318 e. The molecular formula is C10H21N3O.